The first-order valence-electron chi connectivity index (χ1n) is 5.55. The molecule has 9 heteroatoms. The molecular weight excluding hydrogens is 346 g/mol. The first-order valence-corrected chi connectivity index (χ1v) is 6.34. The van der Waals surface area contributed by atoms with Crippen LogP contribution in [0.3, 0.4) is 0 Å². The predicted octanol–water partition coefficient (Wildman–Crippen LogP) is 0.776. The molecule has 4 N–H and O–H groups in total. The number of aromatic nitrogens is 2. The van der Waals surface area contributed by atoms with Gasteiger partial charge in [0, 0.05) is 10.7 Å². The molecule has 8 nitrogen and oxygen atoms in total. The maximum atomic E-state index is 12.0. The molecule has 2 aromatic rings. The van der Waals surface area contributed by atoms with Gasteiger partial charge in [-0.05, 0) is 28.1 Å². The normalized spacial score (nSPS) is 10.1. The van der Waals surface area contributed by atoms with E-state index >= 15 is 0 Å². The number of anilines is 1. The van der Waals surface area contributed by atoms with Gasteiger partial charge < -0.3 is 15.4 Å². The molecular formula is C12H8BrN3O5. The van der Waals surface area contributed by atoms with Gasteiger partial charge in [0.25, 0.3) is 11.5 Å². The van der Waals surface area contributed by atoms with E-state index in [1.807, 2.05) is 4.98 Å². The number of hydrogen-bond acceptors (Lipinski definition) is 4. The van der Waals surface area contributed by atoms with Crippen LogP contribution in [0, 0.1) is 0 Å². The van der Waals surface area contributed by atoms with Gasteiger partial charge in [-0.15, -0.1) is 0 Å². The van der Waals surface area contributed by atoms with Gasteiger partial charge in [0.2, 0.25) is 0 Å². The molecule has 0 unspecified atom stereocenters. The zero-order chi connectivity index (χ0) is 15.6. The van der Waals surface area contributed by atoms with Crippen LogP contribution < -0.4 is 16.6 Å². The second-order valence-corrected chi connectivity index (χ2v) is 4.76. The Morgan fingerprint density at radius 2 is 1.90 bits per heavy atom. The summed E-state index contributed by atoms with van der Waals surface area (Å²) in [6.07, 6.45) is 0.952. The maximum absolute atomic E-state index is 12.0. The number of carboxylic acids is 1. The molecule has 0 radical (unpaired) electrons. The van der Waals surface area contributed by atoms with Crippen LogP contribution in [-0.4, -0.2) is 27.0 Å². The molecule has 1 heterocycles. The van der Waals surface area contributed by atoms with Crippen LogP contribution in [0.5, 0.6) is 0 Å². The second kappa shape index (κ2) is 5.75. The number of aromatic amines is 2. The predicted molar refractivity (Wildman–Crippen MR) is 76.7 cm³/mol. The summed E-state index contributed by atoms with van der Waals surface area (Å²) in [7, 11) is 0. The van der Waals surface area contributed by atoms with Crippen molar-refractivity contribution in [1.82, 2.24) is 9.97 Å². The number of halogens is 1. The van der Waals surface area contributed by atoms with Crippen molar-refractivity contribution in [1.29, 1.82) is 0 Å². The Hall–Kier alpha value is -2.68. The minimum Gasteiger partial charge on any atom is -0.478 e. The summed E-state index contributed by atoms with van der Waals surface area (Å²) in [5.41, 5.74) is -2.09. The van der Waals surface area contributed by atoms with Crippen LogP contribution >= 0.6 is 15.9 Å². The molecule has 0 saturated heterocycles. The van der Waals surface area contributed by atoms with Gasteiger partial charge in [-0.3, -0.25) is 14.6 Å². The highest BCUT2D eigenvalue weighted by atomic mass is 79.9. The molecule has 1 aromatic heterocycles. The number of nitrogens with one attached hydrogen (secondary N) is 3. The van der Waals surface area contributed by atoms with Gasteiger partial charge in [-0.2, -0.15) is 0 Å². The second-order valence-electron chi connectivity index (χ2n) is 3.91. The number of carbonyl (C=O) groups excluding carboxylic acids is 1. The lowest BCUT2D eigenvalue weighted by molar-refractivity contribution is 0.0698. The first kappa shape index (κ1) is 14.7. The molecule has 0 fully saturated rings. The van der Waals surface area contributed by atoms with Crippen LogP contribution in [0.15, 0.2) is 38.5 Å². The molecule has 0 spiro atoms. The van der Waals surface area contributed by atoms with E-state index in [1.165, 1.54) is 12.1 Å². The monoisotopic (exact) mass is 353 g/mol. The Balaban J connectivity index is 2.43. The molecule has 0 aliphatic rings. The van der Waals surface area contributed by atoms with Crippen molar-refractivity contribution in [2.45, 2.75) is 0 Å². The standard InChI is InChI=1S/C12H8BrN3O5/c13-7-3-1-2-5(11(19)20)8(7)15-9(17)6-4-14-12(21)16-10(6)18/h1-4H,(H,15,17)(H,19,20)(H2,14,16,18,21). The molecule has 1 amide bonds. The van der Waals surface area contributed by atoms with Crippen LogP contribution in [0.1, 0.15) is 20.7 Å². The van der Waals surface area contributed by atoms with Crippen molar-refractivity contribution in [2.24, 2.45) is 0 Å². The molecule has 0 bridgehead atoms. The fourth-order valence-electron chi connectivity index (χ4n) is 1.59. The summed E-state index contributed by atoms with van der Waals surface area (Å²) in [5.74, 6) is -2.08. The van der Waals surface area contributed by atoms with E-state index in [2.05, 4.69) is 26.2 Å². The average Bonchev–Trinajstić information content (AvgIpc) is 2.40. The Morgan fingerprint density at radius 3 is 2.52 bits per heavy atom. The van der Waals surface area contributed by atoms with Crippen molar-refractivity contribution < 1.29 is 14.7 Å². The molecule has 0 atom stereocenters. The summed E-state index contributed by atoms with van der Waals surface area (Å²) >= 11 is 3.12. The van der Waals surface area contributed by atoms with Gasteiger partial charge >= 0.3 is 11.7 Å². The lowest BCUT2D eigenvalue weighted by atomic mass is 10.1. The number of amides is 1. The Labute approximate surface area is 125 Å². The van der Waals surface area contributed by atoms with Crippen molar-refractivity contribution in [3.63, 3.8) is 0 Å². The van der Waals surface area contributed by atoms with Crippen molar-refractivity contribution >= 4 is 33.5 Å². The van der Waals surface area contributed by atoms with E-state index in [9.17, 15) is 19.2 Å². The lowest BCUT2D eigenvalue weighted by Gasteiger charge is -2.10. The number of carbonyl (C=O) groups is 2. The quantitative estimate of drug-likeness (QED) is 0.647. The van der Waals surface area contributed by atoms with Crippen molar-refractivity contribution in [3.05, 3.63) is 60.8 Å². The molecule has 0 saturated carbocycles. The van der Waals surface area contributed by atoms with Gasteiger partial charge in [0.1, 0.15) is 5.56 Å². The topological polar surface area (TPSA) is 132 Å². The molecule has 0 aliphatic carbocycles. The van der Waals surface area contributed by atoms with Crippen LogP contribution in [0.4, 0.5) is 5.69 Å². The summed E-state index contributed by atoms with van der Waals surface area (Å²) < 4.78 is 0.344. The molecule has 1 aromatic carbocycles. The number of H-pyrrole nitrogens is 2. The van der Waals surface area contributed by atoms with E-state index in [-0.39, 0.29) is 16.8 Å². The Kier molecular flexibility index (Phi) is 4.03. The summed E-state index contributed by atoms with van der Waals surface area (Å²) in [4.78, 5) is 49.6. The smallest absolute Gasteiger partial charge is 0.337 e. The van der Waals surface area contributed by atoms with Gasteiger partial charge in [0.15, 0.2) is 0 Å². The first-order chi connectivity index (χ1) is 9.90. The number of benzene rings is 1. The third-order valence-electron chi connectivity index (χ3n) is 2.55. The van der Waals surface area contributed by atoms with E-state index < -0.39 is 23.1 Å². The van der Waals surface area contributed by atoms with Crippen molar-refractivity contribution in [2.75, 3.05) is 5.32 Å². The van der Waals surface area contributed by atoms with Crippen LogP contribution in [0.2, 0.25) is 0 Å². The van der Waals surface area contributed by atoms with Gasteiger partial charge in [0.05, 0.1) is 11.3 Å². The maximum Gasteiger partial charge on any atom is 0.337 e. The third-order valence-corrected chi connectivity index (χ3v) is 3.21. The zero-order valence-electron chi connectivity index (χ0n) is 10.3. The number of para-hydroxylation sites is 1. The molecule has 21 heavy (non-hydrogen) atoms. The molecule has 108 valence electrons. The third kappa shape index (κ3) is 3.08. The number of carboxylic acid groups (broad SMARTS) is 1. The molecule has 2 rings (SSSR count). The molecule has 0 aliphatic heterocycles. The lowest BCUT2D eigenvalue weighted by Crippen LogP contribution is -2.30. The average molecular weight is 354 g/mol. The fraction of sp³-hybridized carbons (Fsp3) is 0. The van der Waals surface area contributed by atoms with Crippen LogP contribution in [0.25, 0.3) is 0 Å². The summed E-state index contributed by atoms with van der Waals surface area (Å²) in [5, 5.41) is 11.4. The Bertz CT molecular complexity index is 839. The van der Waals surface area contributed by atoms with E-state index in [4.69, 9.17) is 5.11 Å². The highest BCUT2D eigenvalue weighted by Crippen LogP contribution is 2.26. The minimum absolute atomic E-state index is 0.0144. The minimum atomic E-state index is -1.23. The van der Waals surface area contributed by atoms with E-state index in [0.29, 0.717) is 4.47 Å². The zero-order valence-corrected chi connectivity index (χ0v) is 11.9. The van der Waals surface area contributed by atoms with Crippen LogP contribution in [-0.2, 0) is 0 Å². The van der Waals surface area contributed by atoms with Gasteiger partial charge in [-0.1, -0.05) is 6.07 Å². The highest BCUT2D eigenvalue weighted by Gasteiger charge is 2.18. The van der Waals surface area contributed by atoms with E-state index in [0.717, 1.165) is 6.20 Å². The highest BCUT2D eigenvalue weighted by molar-refractivity contribution is 9.10. The van der Waals surface area contributed by atoms with Crippen molar-refractivity contribution in [3.8, 4) is 0 Å². The van der Waals surface area contributed by atoms with E-state index in [1.54, 1.807) is 6.07 Å². The number of rotatable bonds is 3. The summed E-state index contributed by atoms with van der Waals surface area (Å²) in [6.45, 7) is 0. The SMILES string of the molecule is O=C(O)c1cccc(Br)c1NC(=O)c1c[nH]c(=O)[nH]c1=O. The fourth-order valence-corrected chi connectivity index (χ4v) is 2.05. The number of hydrogen-bond donors (Lipinski definition) is 4. The van der Waals surface area contributed by atoms with Gasteiger partial charge in [-0.25, -0.2) is 9.59 Å². The Morgan fingerprint density at radius 1 is 1.19 bits per heavy atom. The summed E-state index contributed by atoms with van der Waals surface area (Å²) in [6, 6.07) is 4.34. The largest absolute Gasteiger partial charge is 0.478 e. The number of aromatic carboxylic acids is 1.